The molecule has 0 aromatic heterocycles. The van der Waals surface area contributed by atoms with E-state index in [1.165, 1.54) is 6.42 Å². The largest absolute Gasteiger partial charge is 0.480 e. The zero-order chi connectivity index (χ0) is 14.5. The Morgan fingerprint density at radius 1 is 1.21 bits per heavy atom. The molecule has 4 N–H and O–H groups in total. The Bertz CT molecular complexity index is 264. The molecule has 7 heteroatoms. The van der Waals surface area contributed by atoms with Gasteiger partial charge in [0, 0.05) is 19.6 Å². The van der Waals surface area contributed by atoms with Crippen molar-refractivity contribution in [2.24, 2.45) is 0 Å². The van der Waals surface area contributed by atoms with Gasteiger partial charge >= 0.3 is 12.0 Å². The molecule has 0 aromatic rings. The topological polar surface area (TPSA) is 98.7 Å². The fourth-order valence-corrected chi connectivity index (χ4v) is 2.02. The lowest BCUT2D eigenvalue weighted by Gasteiger charge is -2.13. The maximum Gasteiger partial charge on any atom is 0.326 e. The minimum atomic E-state index is -1.14. The standard InChI is InChI=1S/C12H24N2O4S/c1-19-9-5-3-2-4-7-13-12(18)14-10(6-8-15)11(16)17/h10,15H,2-9H2,1H3,(H,16,17)(H2,13,14,18). The van der Waals surface area contributed by atoms with Gasteiger partial charge in [-0.1, -0.05) is 12.8 Å². The summed E-state index contributed by atoms with van der Waals surface area (Å²) in [5.74, 6) is 0.0244. The third kappa shape index (κ3) is 10.6. The second-order valence-corrected chi connectivity index (χ2v) is 5.20. The lowest BCUT2D eigenvalue weighted by atomic mass is 10.2. The van der Waals surface area contributed by atoms with Crippen molar-refractivity contribution in [2.45, 2.75) is 38.1 Å². The number of amides is 2. The Labute approximate surface area is 118 Å². The fraction of sp³-hybridized carbons (Fsp3) is 0.833. The van der Waals surface area contributed by atoms with E-state index in [2.05, 4.69) is 16.9 Å². The highest BCUT2D eigenvalue weighted by Gasteiger charge is 2.18. The summed E-state index contributed by atoms with van der Waals surface area (Å²) in [6.45, 7) is 0.267. The molecule has 0 radical (unpaired) electrons. The van der Waals surface area contributed by atoms with Crippen LogP contribution in [0.5, 0.6) is 0 Å². The molecule has 0 bridgehead atoms. The Hall–Kier alpha value is -0.950. The predicted molar refractivity (Wildman–Crippen MR) is 76.5 cm³/mol. The summed E-state index contributed by atoms with van der Waals surface area (Å²) >= 11 is 1.83. The summed E-state index contributed by atoms with van der Waals surface area (Å²) in [4.78, 5) is 22.1. The molecule has 112 valence electrons. The van der Waals surface area contributed by atoms with Crippen molar-refractivity contribution in [3.05, 3.63) is 0 Å². The molecule has 0 aliphatic heterocycles. The number of nitrogens with one attached hydrogen (secondary N) is 2. The van der Waals surface area contributed by atoms with Crippen LogP contribution in [0.3, 0.4) is 0 Å². The van der Waals surface area contributed by atoms with Gasteiger partial charge in [0.25, 0.3) is 0 Å². The number of aliphatic hydroxyl groups is 1. The minimum Gasteiger partial charge on any atom is -0.480 e. The number of hydrogen-bond donors (Lipinski definition) is 4. The van der Waals surface area contributed by atoms with Crippen LogP contribution >= 0.6 is 11.8 Å². The van der Waals surface area contributed by atoms with Crippen LogP contribution in [0.25, 0.3) is 0 Å². The van der Waals surface area contributed by atoms with Crippen molar-refractivity contribution in [1.29, 1.82) is 0 Å². The monoisotopic (exact) mass is 292 g/mol. The quantitative estimate of drug-likeness (QED) is 0.427. The van der Waals surface area contributed by atoms with Gasteiger partial charge < -0.3 is 20.8 Å². The first kappa shape index (κ1) is 18.0. The van der Waals surface area contributed by atoms with Crippen molar-refractivity contribution < 1.29 is 19.8 Å². The van der Waals surface area contributed by atoms with Crippen molar-refractivity contribution in [3.63, 3.8) is 0 Å². The number of carbonyl (C=O) groups excluding carboxylic acids is 1. The number of thioether (sulfide) groups is 1. The number of urea groups is 1. The molecule has 0 spiro atoms. The van der Waals surface area contributed by atoms with Crippen LogP contribution in [0.2, 0.25) is 0 Å². The molecule has 0 aliphatic rings. The van der Waals surface area contributed by atoms with Crippen LogP contribution in [-0.4, -0.2) is 53.4 Å². The molecule has 0 aromatic carbocycles. The fourth-order valence-electron chi connectivity index (χ4n) is 1.52. The number of unbranched alkanes of at least 4 members (excludes halogenated alkanes) is 3. The molecular weight excluding hydrogens is 268 g/mol. The van der Waals surface area contributed by atoms with E-state index in [0.717, 1.165) is 25.0 Å². The van der Waals surface area contributed by atoms with E-state index in [-0.39, 0.29) is 13.0 Å². The van der Waals surface area contributed by atoms with E-state index in [1.807, 2.05) is 11.8 Å². The second kappa shape index (κ2) is 12.1. The summed E-state index contributed by atoms with van der Waals surface area (Å²) in [7, 11) is 0. The van der Waals surface area contributed by atoms with Crippen molar-refractivity contribution in [1.82, 2.24) is 10.6 Å². The van der Waals surface area contributed by atoms with Crippen molar-refractivity contribution in [3.8, 4) is 0 Å². The third-order valence-corrected chi connectivity index (χ3v) is 3.28. The van der Waals surface area contributed by atoms with E-state index in [4.69, 9.17) is 10.2 Å². The van der Waals surface area contributed by atoms with E-state index in [1.54, 1.807) is 0 Å². The zero-order valence-corrected chi connectivity index (χ0v) is 12.2. The Balaban J connectivity index is 3.60. The summed E-state index contributed by atoms with van der Waals surface area (Å²) < 4.78 is 0. The first-order valence-electron chi connectivity index (χ1n) is 6.48. The minimum absolute atomic E-state index is 0.0113. The third-order valence-electron chi connectivity index (χ3n) is 2.58. The second-order valence-electron chi connectivity index (χ2n) is 4.21. The number of rotatable bonds is 11. The molecular formula is C12H24N2O4S. The highest BCUT2D eigenvalue weighted by atomic mass is 32.2. The highest BCUT2D eigenvalue weighted by Crippen LogP contribution is 2.03. The molecule has 0 aliphatic carbocycles. The summed E-state index contributed by atoms with van der Waals surface area (Å²) in [5.41, 5.74) is 0. The van der Waals surface area contributed by atoms with Gasteiger partial charge in [0.05, 0.1) is 0 Å². The van der Waals surface area contributed by atoms with Crippen LogP contribution < -0.4 is 10.6 Å². The van der Waals surface area contributed by atoms with Gasteiger partial charge in [-0.15, -0.1) is 0 Å². The lowest BCUT2D eigenvalue weighted by molar-refractivity contribution is -0.139. The number of aliphatic hydroxyl groups excluding tert-OH is 1. The number of carbonyl (C=O) groups is 2. The van der Waals surface area contributed by atoms with Crippen LogP contribution in [-0.2, 0) is 4.79 Å². The number of carboxylic acid groups (broad SMARTS) is 1. The van der Waals surface area contributed by atoms with Crippen LogP contribution in [0.15, 0.2) is 0 Å². The summed E-state index contributed by atoms with van der Waals surface area (Å²) in [6, 6.07) is -1.53. The molecule has 2 amide bonds. The first-order valence-corrected chi connectivity index (χ1v) is 7.88. The van der Waals surface area contributed by atoms with Gasteiger partial charge in [0.1, 0.15) is 6.04 Å². The van der Waals surface area contributed by atoms with Crippen LogP contribution in [0.4, 0.5) is 4.79 Å². The van der Waals surface area contributed by atoms with Crippen molar-refractivity contribution >= 4 is 23.8 Å². The van der Waals surface area contributed by atoms with Gasteiger partial charge in [0.15, 0.2) is 0 Å². The van der Waals surface area contributed by atoms with E-state index in [0.29, 0.717) is 6.54 Å². The average Bonchev–Trinajstić information content (AvgIpc) is 2.37. The van der Waals surface area contributed by atoms with Gasteiger partial charge in [-0.05, 0) is 24.9 Å². The number of carboxylic acids is 1. The van der Waals surface area contributed by atoms with Crippen molar-refractivity contribution in [2.75, 3.05) is 25.2 Å². The first-order chi connectivity index (χ1) is 9.11. The number of aliphatic carboxylic acids is 1. The molecule has 0 rings (SSSR count). The Kier molecular flexibility index (Phi) is 11.5. The smallest absolute Gasteiger partial charge is 0.326 e. The van der Waals surface area contributed by atoms with Crippen LogP contribution in [0, 0.1) is 0 Å². The van der Waals surface area contributed by atoms with E-state index >= 15 is 0 Å². The van der Waals surface area contributed by atoms with Crippen LogP contribution in [0.1, 0.15) is 32.1 Å². The molecule has 19 heavy (non-hydrogen) atoms. The highest BCUT2D eigenvalue weighted by molar-refractivity contribution is 7.98. The maximum absolute atomic E-state index is 11.4. The average molecular weight is 292 g/mol. The summed E-state index contributed by atoms with van der Waals surface area (Å²) in [6.07, 6.45) is 6.37. The van der Waals surface area contributed by atoms with E-state index < -0.39 is 18.0 Å². The normalized spacial score (nSPS) is 11.9. The number of hydrogen-bond acceptors (Lipinski definition) is 4. The summed E-state index contributed by atoms with van der Waals surface area (Å²) in [5, 5.41) is 22.4. The Morgan fingerprint density at radius 3 is 2.47 bits per heavy atom. The zero-order valence-electron chi connectivity index (χ0n) is 11.4. The molecule has 0 saturated carbocycles. The van der Waals surface area contributed by atoms with Gasteiger partial charge in [-0.2, -0.15) is 11.8 Å². The lowest BCUT2D eigenvalue weighted by Crippen LogP contribution is -2.46. The molecule has 1 atom stereocenters. The van der Waals surface area contributed by atoms with Gasteiger partial charge in [0.2, 0.25) is 0 Å². The van der Waals surface area contributed by atoms with E-state index in [9.17, 15) is 9.59 Å². The van der Waals surface area contributed by atoms with Gasteiger partial charge in [-0.25, -0.2) is 9.59 Å². The SMILES string of the molecule is CSCCCCCCNC(=O)NC(CCO)C(=O)O. The predicted octanol–water partition coefficient (Wildman–Crippen LogP) is 1.04. The molecule has 0 fully saturated rings. The maximum atomic E-state index is 11.4. The molecule has 0 heterocycles. The molecule has 0 saturated heterocycles. The molecule has 6 nitrogen and oxygen atoms in total. The molecule has 1 unspecified atom stereocenters. The Morgan fingerprint density at radius 2 is 1.89 bits per heavy atom. The van der Waals surface area contributed by atoms with Gasteiger partial charge in [-0.3, -0.25) is 0 Å².